The number of carbonyl (C=O) groups is 1. The van der Waals surface area contributed by atoms with Gasteiger partial charge in [0.15, 0.2) is 0 Å². The molecular weight excluding hydrogens is 317 g/mol. The maximum atomic E-state index is 13.7. The molecule has 0 fully saturated rings. The molecule has 5 heteroatoms. The zero-order chi connectivity index (χ0) is 18.2. The lowest BCUT2D eigenvalue weighted by atomic mass is 9.95. The number of nitrogens with two attached hydrogens (primary N) is 1. The van der Waals surface area contributed by atoms with Crippen LogP contribution < -0.4 is 16.0 Å². The molecule has 1 amide bonds. The summed E-state index contributed by atoms with van der Waals surface area (Å²) in [5.41, 5.74) is 7.69. The minimum absolute atomic E-state index is 0.0649. The fraction of sp³-hybridized carbons (Fsp3) is 0.350. The molecule has 0 radical (unpaired) electrons. The average molecular weight is 343 g/mol. The Morgan fingerprint density at radius 1 is 1.16 bits per heavy atom. The number of halogens is 1. The van der Waals surface area contributed by atoms with E-state index in [-0.39, 0.29) is 23.7 Å². The number of benzene rings is 2. The third-order valence-electron chi connectivity index (χ3n) is 4.37. The highest BCUT2D eigenvalue weighted by molar-refractivity contribution is 5.79. The van der Waals surface area contributed by atoms with Gasteiger partial charge in [-0.2, -0.15) is 0 Å². The molecule has 2 unspecified atom stereocenters. The first-order chi connectivity index (χ1) is 12.0. The average Bonchev–Trinajstić information content (AvgIpc) is 2.64. The van der Waals surface area contributed by atoms with Gasteiger partial charge < -0.3 is 16.0 Å². The summed E-state index contributed by atoms with van der Waals surface area (Å²) < 4.78 is 13.7. The normalized spacial score (nSPS) is 13.1. The molecule has 3 N–H and O–H groups in total. The van der Waals surface area contributed by atoms with Crippen molar-refractivity contribution in [2.24, 2.45) is 11.7 Å². The second-order valence-corrected chi connectivity index (χ2v) is 6.24. The molecule has 2 aromatic rings. The van der Waals surface area contributed by atoms with E-state index in [0.717, 1.165) is 12.0 Å². The standard InChI is InChI=1S/C20H26FN3O/c1-15(19(22)16-9-4-3-5-10-16)20(25)23-13-8-14-24(2)18-12-7-6-11-17(18)21/h3-7,9-12,15,19H,8,13-14,22H2,1-2H3,(H,23,25). The van der Waals surface area contributed by atoms with Crippen LogP contribution in [0.3, 0.4) is 0 Å². The number of nitrogens with zero attached hydrogens (tertiary/aromatic N) is 1. The monoisotopic (exact) mass is 343 g/mol. The molecule has 0 aliphatic rings. The quantitative estimate of drug-likeness (QED) is 0.724. The van der Waals surface area contributed by atoms with E-state index in [0.29, 0.717) is 18.8 Å². The van der Waals surface area contributed by atoms with Crippen LogP contribution in [0.15, 0.2) is 54.6 Å². The predicted octanol–water partition coefficient (Wildman–Crippen LogP) is 3.10. The van der Waals surface area contributed by atoms with Crippen LogP contribution in [0.5, 0.6) is 0 Å². The Morgan fingerprint density at radius 3 is 2.48 bits per heavy atom. The van der Waals surface area contributed by atoms with Gasteiger partial charge in [-0.25, -0.2) is 4.39 Å². The van der Waals surface area contributed by atoms with E-state index in [2.05, 4.69) is 5.32 Å². The third kappa shape index (κ3) is 5.29. The van der Waals surface area contributed by atoms with Gasteiger partial charge in [0.25, 0.3) is 0 Å². The fourth-order valence-corrected chi connectivity index (χ4v) is 2.70. The van der Waals surface area contributed by atoms with E-state index < -0.39 is 0 Å². The first-order valence-corrected chi connectivity index (χ1v) is 8.54. The second kappa shape index (κ2) is 9.18. The van der Waals surface area contributed by atoms with Gasteiger partial charge in [-0.15, -0.1) is 0 Å². The number of hydrogen-bond donors (Lipinski definition) is 2. The largest absolute Gasteiger partial charge is 0.372 e. The van der Waals surface area contributed by atoms with E-state index in [1.165, 1.54) is 6.07 Å². The Balaban J connectivity index is 1.76. The molecule has 0 heterocycles. The van der Waals surface area contributed by atoms with Gasteiger partial charge in [0.2, 0.25) is 5.91 Å². The molecule has 0 bridgehead atoms. The molecule has 134 valence electrons. The number of hydrogen-bond acceptors (Lipinski definition) is 3. The van der Waals surface area contributed by atoms with Gasteiger partial charge in [-0.3, -0.25) is 4.79 Å². The number of nitrogens with one attached hydrogen (secondary N) is 1. The Hall–Kier alpha value is -2.40. The predicted molar refractivity (Wildman–Crippen MR) is 99.8 cm³/mol. The van der Waals surface area contributed by atoms with Crippen LogP contribution in [-0.2, 0) is 4.79 Å². The highest BCUT2D eigenvalue weighted by atomic mass is 19.1. The Kier molecular flexibility index (Phi) is 6.95. The maximum absolute atomic E-state index is 13.7. The van der Waals surface area contributed by atoms with Crippen molar-refractivity contribution >= 4 is 11.6 Å². The van der Waals surface area contributed by atoms with Crippen molar-refractivity contribution < 1.29 is 9.18 Å². The minimum Gasteiger partial charge on any atom is -0.372 e. The van der Waals surface area contributed by atoms with E-state index in [1.807, 2.05) is 55.3 Å². The van der Waals surface area contributed by atoms with Gasteiger partial charge in [0.1, 0.15) is 5.82 Å². The number of para-hydroxylation sites is 1. The molecule has 2 atom stereocenters. The molecule has 0 saturated carbocycles. The first-order valence-electron chi connectivity index (χ1n) is 8.54. The van der Waals surface area contributed by atoms with Crippen molar-refractivity contribution in [3.8, 4) is 0 Å². The van der Waals surface area contributed by atoms with Crippen molar-refractivity contribution in [1.29, 1.82) is 0 Å². The van der Waals surface area contributed by atoms with Crippen molar-refractivity contribution in [1.82, 2.24) is 5.32 Å². The molecular formula is C20H26FN3O. The molecule has 2 rings (SSSR count). The third-order valence-corrected chi connectivity index (χ3v) is 4.37. The van der Waals surface area contributed by atoms with Crippen molar-refractivity contribution in [2.45, 2.75) is 19.4 Å². The summed E-state index contributed by atoms with van der Waals surface area (Å²) in [6.45, 7) is 3.02. The lowest BCUT2D eigenvalue weighted by Crippen LogP contribution is -2.36. The number of carbonyl (C=O) groups excluding carboxylic acids is 1. The summed E-state index contributed by atoms with van der Waals surface area (Å²) >= 11 is 0. The lowest BCUT2D eigenvalue weighted by molar-refractivity contribution is -0.125. The molecule has 25 heavy (non-hydrogen) atoms. The SMILES string of the molecule is CC(C(=O)NCCCN(C)c1ccccc1F)C(N)c1ccccc1. The molecule has 0 aliphatic heterocycles. The van der Waals surface area contributed by atoms with Crippen LogP contribution in [0.1, 0.15) is 24.9 Å². The molecule has 0 saturated heterocycles. The fourth-order valence-electron chi connectivity index (χ4n) is 2.70. The summed E-state index contributed by atoms with van der Waals surface area (Å²) in [6.07, 6.45) is 0.726. The Morgan fingerprint density at radius 2 is 1.80 bits per heavy atom. The number of rotatable bonds is 8. The summed E-state index contributed by atoms with van der Waals surface area (Å²) in [6, 6.07) is 15.9. The molecule has 2 aromatic carbocycles. The van der Waals surface area contributed by atoms with Crippen LogP contribution in [0.25, 0.3) is 0 Å². The smallest absolute Gasteiger partial charge is 0.224 e. The Labute approximate surface area is 148 Å². The van der Waals surface area contributed by atoms with Crippen LogP contribution in [-0.4, -0.2) is 26.0 Å². The van der Waals surface area contributed by atoms with Gasteiger partial charge in [0, 0.05) is 26.2 Å². The van der Waals surface area contributed by atoms with E-state index in [1.54, 1.807) is 12.1 Å². The van der Waals surface area contributed by atoms with Gasteiger partial charge in [-0.05, 0) is 24.1 Å². The van der Waals surface area contributed by atoms with Gasteiger partial charge in [-0.1, -0.05) is 49.4 Å². The van der Waals surface area contributed by atoms with Crippen LogP contribution in [0.2, 0.25) is 0 Å². The Bertz CT molecular complexity index is 678. The van der Waals surface area contributed by atoms with E-state index >= 15 is 0 Å². The van der Waals surface area contributed by atoms with Crippen molar-refractivity contribution in [3.63, 3.8) is 0 Å². The number of anilines is 1. The molecule has 4 nitrogen and oxygen atoms in total. The lowest BCUT2D eigenvalue weighted by Gasteiger charge is -2.21. The van der Waals surface area contributed by atoms with Crippen LogP contribution in [0.4, 0.5) is 10.1 Å². The van der Waals surface area contributed by atoms with Gasteiger partial charge >= 0.3 is 0 Å². The maximum Gasteiger partial charge on any atom is 0.224 e. The minimum atomic E-state index is -0.331. The highest BCUT2D eigenvalue weighted by Crippen LogP contribution is 2.19. The zero-order valence-electron chi connectivity index (χ0n) is 14.8. The first kappa shape index (κ1) is 18.9. The summed E-state index contributed by atoms with van der Waals surface area (Å²) in [5.74, 6) is -0.618. The topological polar surface area (TPSA) is 58.4 Å². The van der Waals surface area contributed by atoms with E-state index in [9.17, 15) is 9.18 Å². The second-order valence-electron chi connectivity index (χ2n) is 6.24. The number of amides is 1. The van der Waals surface area contributed by atoms with Crippen molar-refractivity contribution in [2.75, 3.05) is 25.0 Å². The van der Waals surface area contributed by atoms with E-state index in [4.69, 9.17) is 5.73 Å². The summed E-state index contributed by atoms with van der Waals surface area (Å²) in [4.78, 5) is 14.1. The molecule has 0 spiro atoms. The van der Waals surface area contributed by atoms with Crippen molar-refractivity contribution in [3.05, 3.63) is 66.0 Å². The summed E-state index contributed by atoms with van der Waals surface area (Å²) in [5, 5.41) is 2.92. The zero-order valence-corrected chi connectivity index (χ0v) is 14.8. The van der Waals surface area contributed by atoms with Crippen LogP contribution in [0, 0.1) is 11.7 Å². The van der Waals surface area contributed by atoms with Crippen LogP contribution >= 0.6 is 0 Å². The van der Waals surface area contributed by atoms with Gasteiger partial charge in [0.05, 0.1) is 11.6 Å². The molecule has 0 aliphatic carbocycles. The highest BCUT2D eigenvalue weighted by Gasteiger charge is 2.21. The molecule has 0 aromatic heterocycles. The summed E-state index contributed by atoms with van der Waals surface area (Å²) in [7, 11) is 1.84.